The Morgan fingerprint density at radius 3 is 2.47 bits per heavy atom. The molecule has 2 aromatic rings. The predicted molar refractivity (Wildman–Crippen MR) is 106 cm³/mol. The van der Waals surface area contributed by atoms with E-state index in [1.165, 1.54) is 5.56 Å². The van der Waals surface area contributed by atoms with Crippen LogP contribution in [0, 0.1) is 10.1 Å². The normalized spacial score (nSPS) is 18.7. The van der Waals surface area contributed by atoms with E-state index in [9.17, 15) is 10.1 Å². The van der Waals surface area contributed by atoms with Crippen molar-refractivity contribution in [2.75, 3.05) is 39.8 Å². The topological polar surface area (TPSA) is 86.5 Å². The molecule has 1 saturated heterocycles. The molecule has 0 amide bonds. The molecule has 9 heteroatoms. The van der Waals surface area contributed by atoms with E-state index in [0.29, 0.717) is 13.2 Å². The number of hydrogen-bond donors (Lipinski definition) is 0. The van der Waals surface area contributed by atoms with Crippen molar-refractivity contribution in [1.29, 1.82) is 0 Å². The summed E-state index contributed by atoms with van der Waals surface area (Å²) in [5, 5.41) is 11.3. The third kappa shape index (κ3) is 3.91. The van der Waals surface area contributed by atoms with Crippen LogP contribution in [0.25, 0.3) is 0 Å². The summed E-state index contributed by atoms with van der Waals surface area (Å²) in [6.45, 7) is 5.92. The second-order valence-corrected chi connectivity index (χ2v) is 7.70. The van der Waals surface area contributed by atoms with Gasteiger partial charge in [0.15, 0.2) is 18.3 Å². The van der Waals surface area contributed by atoms with Crippen LogP contribution in [-0.4, -0.2) is 54.5 Å². The first kappa shape index (κ1) is 19.1. The molecule has 0 bridgehead atoms. The fourth-order valence-corrected chi connectivity index (χ4v) is 4.15. The van der Waals surface area contributed by atoms with Gasteiger partial charge in [-0.25, -0.2) is 0 Å². The Hall–Kier alpha value is -2.88. The van der Waals surface area contributed by atoms with E-state index < -0.39 is 0 Å². The van der Waals surface area contributed by atoms with Crippen molar-refractivity contribution in [2.24, 2.45) is 0 Å². The van der Waals surface area contributed by atoms with Gasteiger partial charge in [0.1, 0.15) is 5.75 Å². The van der Waals surface area contributed by atoms with Gasteiger partial charge in [0.05, 0.1) is 11.5 Å². The van der Waals surface area contributed by atoms with Crippen molar-refractivity contribution in [1.82, 2.24) is 9.80 Å². The molecule has 158 valence electrons. The first-order chi connectivity index (χ1) is 14.7. The molecule has 9 nitrogen and oxygen atoms in total. The first-order valence-corrected chi connectivity index (χ1v) is 10.00. The number of benzene rings is 2. The third-order valence-corrected chi connectivity index (χ3v) is 5.68. The minimum Gasteiger partial charge on any atom is -0.467 e. The smallest absolute Gasteiger partial charge is 0.270 e. The van der Waals surface area contributed by atoms with Gasteiger partial charge in [0.2, 0.25) is 6.79 Å². The quantitative estimate of drug-likeness (QED) is 0.546. The van der Waals surface area contributed by atoms with Crippen molar-refractivity contribution in [3.63, 3.8) is 0 Å². The Morgan fingerprint density at radius 1 is 0.900 bits per heavy atom. The van der Waals surface area contributed by atoms with Crippen molar-refractivity contribution >= 4 is 5.69 Å². The van der Waals surface area contributed by atoms with Gasteiger partial charge in [-0.1, -0.05) is 6.07 Å². The van der Waals surface area contributed by atoms with Crippen LogP contribution in [0.5, 0.6) is 17.2 Å². The lowest BCUT2D eigenvalue weighted by Crippen LogP contribution is -2.45. The predicted octanol–water partition coefficient (Wildman–Crippen LogP) is 2.51. The SMILES string of the molecule is O=[N+]([O-])c1cc2c(c(CN3CCN(Cc4ccc5c(c4)OCO5)CC3)c1)OCOC2. The lowest BCUT2D eigenvalue weighted by molar-refractivity contribution is -0.385. The van der Waals surface area contributed by atoms with Gasteiger partial charge in [-0.05, 0) is 17.7 Å². The molecule has 0 aromatic heterocycles. The third-order valence-electron chi connectivity index (χ3n) is 5.68. The highest BCUT2D eigenvalue weighted by Gasteiger charge is 2.24. The number of non-ortho nitro benzene ring substituents is 1. The average Bonchev–Trinajstić information content (AvgIpc) is 3.23. The molecule has 5 rings (SSSR count). The number of piperazine rings is 1. The summed E-state index contributed by atoms with van der Waals surface area (Å²) in [6.07, 6.45) is 0. The molecule has 2 aromatic carbocycles. The number of nitrogens with zero attached hydrogens (tertiary/aromatic N) is 3. The molecule has 1 fully saturated rings. The second-order valence-electron chi connectivity index (χ2n) is 7.70. The van der Waals surface area contributed by atoms with E-state index in [4.69, 9.17) is 18.9 Å². The Bertz CT molecular complexity index is 958. The molecule has 30 heavy (non-hydrogen) atoms. The van der Waals surface area contributed by atoms with E-state index in [0.717, 1.165) is 61.1 Å². The van der Waals surface area contributed by atoms with E-state index in [1.54, 1.807) is 12.1 Å². The van der Waals surface area contributed by atoms with Crippen LogP contribution in [0.4, 0.5) is 5.69 Å². The van der Waals surface area contributed by atoms with Crippen molar-refractivity contribution < 1.29 is 23.9 Å². The van der Waals surface area contributed by atoms with Crippen molar-refractivity contribution in [3.8, 4) is 17.2 Å². The zero-order valence-corrected chi connectivity index (χ0v) is 16.5. The van der Waals surface area contributed by atoms with E-state index in [2.05, 4.69) is 15.9 Å². The average molecular weight is 413 g/mol. The minimum atomic E-state index is -0.359. The van der Waals surface area contributed by atoms with Gasteiger partial charge in [0, 0.05) is 62.5 Å². The Labute approximate surface area is 173 Å². The van der Waals surface area contributed by atoms with Crippen LogP contribution >= 0.6 is 0 Å². The van der Waals surface area contributed by atoms with Crippen LogP contribution in [0.3, 0.4) is 0 Å². The molecule has 3 aliphatic heterocycles. The Morgan fingerprint density at radius 2 is 1.67 bits per heavy atom. The molecular weight excluding hydrogens is 390 g/mol. The molecule has 0 radical (unpaired) electrons. The number of rotatable bonds is 5. The van der Waals surface area contributed by atoms with E-state index >= 15 is 0 Å². The van der Waals surface area contributed by atoms with Crippen molar-refractivity contribution in [2.45, 2.75) is 19.7 Å². The van der Waals surface area contributed by atoms with Gasteiger partial charge in [0.25, 0.3) is 5.69 Å². The zero-order chi connectivity index (χ0) is 20.5. The first-order valence-electron chi connectivity index (χ1n) is 10.00. The Balaban J connectivity index is 1.22. The molecule has 0 atom stereocenters. The number of nitro benzene ring substituents is 1. The van der Waals surface area contributed by atoms with Crippen LogP contribution < -0.4 is 14.2 Å². The fraction of sp³-hybridized carbons (Fsp3) is 0.429. The summed E-state index contributed by atoms with van der Waals surface area (Å²) >= 11 is 0. The number of nitro groups is 1. The van der Waals surface area contributed by atoms with Gasteiger partial charge in [-0.2, -0.15) is 0 Å². The minimum absolute atomic E-state index is 0.0827. The monoisotopic (exact) mass is 413 g/mol. The molecular formula is C21H23N3O6. The highest BCUT2D eigenvalue weighted by Crippen LogP contribution is 2.34. The maximum absolute atomic E-state index is 11.3. The standard InChI is InChI=1S/C21H23N3O6/c25-24(26)18-8-16(21-17(9-18)12-27-13-30-21)11-23-5-3-22(4-6-23)10-15-1-2-19-20(7-15)29-14-28-19/h1-2,7-9H,3-6,10-14H2. The molecule has 0 spiro atoms. The largest absolute Gasteiger partial charge is 0.467 e. The van der Waals surface area contributed by atoms with Crippen LogP contribution in [0.1, 0.15) is 16.7 Å². The summed E-state index contributed by atoms with van der Waals surface area (Å²) in [7, 11) is 0. The lowest BCUT2D eigenvalue weighted by atomic mass is 10.1. The van der Waals surface area contributed by atoms with Crippen LogP contribution in [0.15, 0.2) is 30.3 Å². The molecule has 0 aliphatic carbocycles. The Kier molecular flexibility index (Phi) is 5.16. The molecule has 0 saturated carbocycles. The summed E-state index contributed by atoms with van der Waals surface area (Å²) in [5.41, 5.74) is 2.88. The fourth-order valence-electron chi connectivity index (χ4n) is 4.15. The summed E-state index contributed by atoms with van der Waals surface area (Å²) < 4.78 is 21.8. The molecule has 3 heterocycles. The summed E-state index contributed by atoms with van der Waals surface area (Å²) in [5.74, 6) is 2.34. The highest BCUT2D eigenvalue weighted by molar-refractivity contribution is 5.50. The lowest BCUT2D eigenvalue weighted by Gasteiger charge is -2.35. The van der Waals surface area contributed by atoms with Gasteiger partial charge in [-0.15, -0.1) is 0 Å². The highest BCUT2D eigenvalue weighted by atomic mass is 16.7. The van der Waals surface area contributed by atoms with Crippen LogP contribution in [-0.2, 0) is 24.4 Å². The molecule has 0 unspecified atom stereocenters. The number of hydrogen-bond acceptors (Lipinski definition) is 8. The second kappa shape index (κ2) is 8.10. The van der Waals surface area contributed by atoms with E-state index in [-0.39, 0.29) is 24.2 Å². The van der Waals surface area contributed by atoms with Gasteiger partial charge in [-0.3, -0.25) is 19.9 Å². The number of fused-ring (bicyclic) bond motifs is 2. The van der Waals surface area contributed by atoms with Gasteiger partial charge >= 0.3 is 0 Å². The van der Waals surface area contributed by atoms with Crippen molar-refractivity contribution in [3.05, 3.63) is 57.1 Å². The van der Waals surface area contributed by atoms with E-state index in [1.807, 2.05) is 12.1 Å². The molecule has 3 aliphatic rings. The summed E-state index contributed by atoms with van der Waals surface area (Å²) in [6, 6.07) is 9.26. The van der Waals surface area contributed by atoms with Gasteiger partial charge < -0.3 is 18.9 Å². The number of ether oxygens (including phenoxy) is 4. The van der Waals surface area contributed by atoms with Crippen LogP contribution in [0.2, 0.25) is 0 Å². The zero-order valence-electron chi connectivity index (χ0n) is 16.5. The summed E-state index contributed by atoms with van der Waals surface area (Å²) in [4.78, 5) is 15.7. The maximum atomic E-state index is 11.3. The maximum Gasteiger partial charge on any atom is 0.270 e. The molecule has 0 N–H and O–H groups in total.